The fourth-order valence-corrected chi connectivity index (χ4v) is 4.22. The van der Waals surface area contributed by atoms with Gasteiger partial charge in [-0.25, -0.2) is 18.1 Å². The van der Waals surface area contributed by atoms with Crippen molar-refractivity contribution >= 4 is 44.2 Å². The Morgan fingerprint density at radius 1 is 1.16 bits per heavy atom. The molecule has 0 aliphatic rings. The number of benzene rings is 2. The maximum Gasteiger partial charge on any atom is 0.261 e. The van der Waals surface area contributed by atoms with Crippen molar-refractivity contribution in [2.24, 2.45) is 5.16 Å². The lowest BCUT2D eigenvalue weighted by molar-refractivity contribution is 0.213. The topological polar surface area (TPSA) is 111 Å². The van der Waals surface area contributed by atoms with Gasteiger partial charge in [-0.3, -0.25) is 4.72 Å². The second-order valence-corrected chi connectivity index (χ2v) is 8.62. The van der Waals surface area contributed by atoms with E-state index in [1.165, 1.54) is 23.9 Å². The number of rotatable bonds is 6. The molecule has 4 aromatic rings. The Morgan fingerprint density at radius 2 is 1.94 bits per heavy atom. The molecule has 2 aromatic heterocycles. The molecule has 2 heterocycles. The Morgan fingerprint density at radius 3 is 2.68 bits per heavy atom. The summed E-state index contributed by atoms with van der Waals surface area (Å²) >= 11 is 6.17. The molecule has 0 spiro atoms. The van der Waals surface area contributed by atoms with E-state index in [-0.39, 0.29) is 4.90 Å². The minimum absolute atomic E-state index is 0.0903. The minimum atomic E-state index is -3.89. The highest BCUT2D eigenvalue weighted by Crippen LogP contribution is 2.28. The van der Waals surface area contributed by atoms with Gasteiger partial charge in [-0.15, -0.1) is 5.10 Å². The van der Waals surface area contributed by atoms with E-state index in [0.717, 1.165) is 5.56 Å². The van der Waals surface area contributed by atoms with E-state index in [1.807, 2.05) is 0 Å². The Bertz CT molecular complexity index is 1380. The first kappa shape index (κ1) is 20.8. The molecule has 0 atom stereocenters. The molecule has 0 aliphatic carbocycles. The summed E-state index contributed by atoms with van der Waals surface area (Å²) in [6, 6.07) is 14.6. The van der Waals surface area contributed by atoms with Crippen LogP contribution in [0.15, 0.2) is 70.8 Å². The zero-order chi connectivity index (χ0) is 22.0. The van der Waals surface area contributed by atoms with Crippen molar-refractivity contribution in [3.05, 3.63) is 71.4 Å². The van der Waals surface area contributed by atoms with Crippen molar-refractivity contribution in [3.63, 3.8) is 0 Å². The summed E-state index contributed by atoms with van der Waals surface area (Å²) in [6.45, 7) is 1.77. The average Bonchev–Trinajstić information content (AvgIpc) is 3.19. The van der Waals surface area contributed by atoms with Crippen LogP contribution in [-0.2, 0) is 14.9 Å². The summed E-state index contributed by atoms with van der Waals surface area (Å²) in [4.78, 5) is 8.99. The van der Waals surface area contributed by atoms with Gasteiger partial charge in [0.15, 0.2) is 0 Å². The van der Waals surface area contributed by atoms with E-state index in [2.05, 4.69) is 25.2 Å². The first-order valence-corrected chi connectivity index (χ1v) is 10.9. The number of hydrogen-bond donors (Lipinski definition) is 1. The number of anilines is 1. The van der Waals surface area contributed by atoms with Crippen molar-refractivity contribution in [1.82, 2.24) is 20.0 Å². The van der Waals surface area contributed by atoms with Crippen LogP contribution >= 0.6 is 11.6 Å². The number of nitrogens with zero attached hydrogens (tertiary/aromatic N) is 5. The summed E-state index contributed by atoms with van der Waals surface area (Å²) in [7, 11) is -2.44. The summed E-state index contributed by atoms with van der Waals surface area (Å²) < 4.78 is 30.1. The van der Waals surface area contributed by atoms with Crippen molar-refractivity contribution in [2.45, 2.75) is 11.8 Å². The molecule has 0 saturated carbocycles. The molecule has 0 aliphatic heterocycles. The predicted molar refractivity (Wildman–Crippen MR) is 118 cm³/mol. The number of sulfonamides is 1. The van der Waals surface area contributed by atoms with Crippen LogP contribution in [0.1, 0.15) is 12.5 Å². The molecule has 11 heteroatoms. The van der Waals surface area contributed by atoms with Crippen molar-refractivity contribution < 1.29 is 13.3 Å². The molecule has 0 radical (unpaired) electrons. The van der Waals surface area contributed by atoms with Gasteiger partial charge in [0.05, 0.1) is 22.0 Å². The third-order valence-electron chi connectivity index (χ3n) is 4.47. The van der Waals surface area contributed by atoms with Crippen LogP contribution < -0.4 is 4.72 Å². The van der Waals surface area contributed by atoms with Crippen LogP contribution in [0.4, 0.5) is 5.69 Å². The standard InChI is InChI=1S/C20H17ClN6O3S/c1-13(24-30-2)14-5-8-16(9-6-14)31(28,29)25-17-10-7-15(21)12-19(17)27-18-4-3-11-22-20(18)23-26-27/h3-12,25H,1-2H3/b24-13-. The number of halogens is 1. The smallest absolute Gasteiger partial charge is 0.261 e. The van der Waals surface area contributed by atoms with Crippen LogP contribution in [-0.4, -0.2) is 41.2 Å². The number of nitrogens with one attached hydrogen (secondary N) is 1. The van der Waals surface area contributed by atoms with Crippen LogP contribution in [0.25, 0.3) is 16.9 Å². The molecule has 0 unspecified atom stereocenters. The highest BCUT2D eigenvalue weighted by Gasteiger charge is 2.19. The van der Waals surface area contributed by atoms with Gasteiger partial charge >= 0.3 is 0 Å². The van der Waals surface area contributed by atoms with Crippen LogP contribution in [0.3, 0.4) is 0 Å². The fraction of sp³-hybridized carbons (Fsp3) is 0.100. The van der Waals surface area contributed by atoms with E-state index in [4.69, 9.17) is 16.4 Å². The lowest BCUT2D eigenvalue weighted by atomic mass is 10.1. The number of aromatic nitrogens is 4. The Balaban J connectivity index is 1.72. The summed E-state index contributed by atoms with van der Waals surface area (Å²) in [6.07, 6.45) is 1.60. The van der Waals surface area contributed by atoms with Gasteiger partial charge < -0.3 is 4.84 Å². The summed E-state index contributed by atoms with van der Waals surface area (Å²) in [5.41, 5.74) is 3.13. The molecule has 4 rings (SSSR count). The van der Waals surface area contributed by atoms with E-state index < -0.39 is 10.0 Å². The number of pyridine rings is 1. The predicted octanol–water partition coefficient (Wildman–Crippen LogP) is 3.64. The van der Waals surface area contributed by atoms with E-state index in [0.29, 0.717) is 33.3 Å². The minimum Gasteiger partial charge on any atom is -0.399 e. The third-order valence-corrected chi connectivity index (χ3v) is 6.08. The van der Waals surface area contributed by atoms with Gasteiger partial charge in [0.1, 0.15) is 12.6 Å². The average molecular weight is 457 g/mol. The number of hydrogen-bond acceptors (Lipinski definition) is 7. The normalized spacial score (nSPS) is 12.2. The van der Waals surface area contributed by atoms with E-state index >= 15 is 0 Å². The van der Waals surface area contributed by atoms with Crippen molar-refractivity contribution in [1.29, 1.82) is 0 Å². The maximum absolute atomic E-state index is 13.0. The first-order chi connectivity index (χ1) is 14.9. The van der Waals surface area contributed by atoms with Crippen LogP contribution in [0, 0.1) is 0 Å². The monoisotopic (exact) mass is 456 g/mol. The molecule has 0 amide bonds. The summed E-state index contributed by atoms with van der Waals surface area (Å²) in [5, 5.41) is 12.4. The molecule has 158 valence electrons. The fourth-order valence-electron chi connectivity index (χ4n) is 2.98. The highest BCUT2D eigenvalue weighted by atomic mass is 35.5. The second kappa shape index (κ2) is 8.32. The molecular weight excluding hydrogens is 440 g/mol. The number of fused-ring (bicyclic) bond motifs is 1. The SMILES string of the molecule is CO/N=C(/C)c1ccc(S(=O)(=O)Nc2ccc(Cl)cc2-n2nnc3ncccc32)cc1. The molecular formula is C20H17ClN6O3S. The van der Waals surface area contributed by atoms with Crippen molar-refractivity contribution in [3.8, 4) is 5.69 Å². The van der Waals surface area contributed by atoms with Crippen molar-refractivity contribution in [2.75, 3.05) is 11.8 Å². The first-order valence-electron chi connectivity index (χ1n) is 9.06. The molecule has 0 bridgehead atoms. The summed E-state index contributed by atoms with van der Waals surface area (Å²) in [5.74, 6) is 0. The zero-order valence-corrected chi connectivity index (χ0v) is 18.1. The maximum atomic E-state index is 13.0. The zero-order valence-electron chi connectivity index (χ0n) is 16.5. The molecule has 31 heavy (non-hydrogen) atoms. The van der Waals surface area contributed by atoms with Crippen LogP contribution in [0.5, 0.6) is 0 Å². The largest absolute Gasteiger partial charge is 0.399 e. The van der Waals surface area contributed by atoms with Gasteiger partial charge in [-0.05, 0) is 55.0 Å². The second-order valence-electron chi connectivity index (χ2n) is 6.50. The molecule has 1 N–H and O–H groups in total. The Kier molecular flexibility index (Phi) is 5.57. The molecule has 0 fully saturated rings. The lowest BCUT2D eigenvalue weighted by Gasteiger charge is -2.13. The third kappa shape index (κ3) is 4.21. The Labute approximate surface area is 183 Å². The molecule has 0 saturated heterocycles. The molecule has 2 aromatic carbocycles. The highest BCUT2D eigenvalue weighted by molar-refractivity contribution is 7.92. The Hall–Kier alpha value is -3.50. The number of oxime groups is 1. The van der Waals surface area contributed by atoms with E-state index in [9.17, 15) is 8.42 Å². The van der Waals surface area contributed by atoms with E-state index in [1.54, 1.807) is 55.6 Å². The van der Waals surface area contributed by atoms with Gasteiger partial charge in [-0.1, -0.05) is 34.1 Å². The molecule has 9 nitrogen and oxygen atoms in total. The lowest BCUT2D eigenvalue weighted by Crippen LogP contribution is -2.15. The van der Waals surface area contributed by atoms with Gasteiger partial charge in [-0.2, -0.15) is 0 Å². The van der Waals surface area contributed by atoms with Gasteiger partial charge in [0.2, 0.25) is 5.65 Å². The van der Waals surface area contributed by atoms with Gasteiger partial charge in [0.25, 0.3) is 10.0 Å². The quantitative estimate of drug-likeness (QED) is 0.350. The van der Waals surface area contributed by atoms with Gasteiger partial charge in [0, 0.05) is 11.2 Å². The van der Waals surface area contributed by atoms with Crippen LogP contribution in [0.2, 0.25) is 5.02 Å².